The summed E-state index contributed by atoms with van der Waals surface area (Å²) in [5.74, 6) is 0.758. The maximum Gasteiger partial charge on any atom is 0.225 e. The van der Waals surface area contributed by atoms with E-state index in [0.717, 1.165) is 22.6 Å². The van der Waals surface area contributed by atoms with Gasteiger partial charge >= 0.3 is 0 Å². The Kier molecular flexibility index (Phi) is 3.93. The second kappa shape index (κ2) is 5.24. The van der Waals surface area contributed by atoms with Gasteiger partial charge in [0, 0.05) is 35.6 Å². The van der Waals surface area contributed by atoms with Gasteiger partial charge in [0.2, 0.25) is 5.95 Å². The van der Waals surface area contributed by atoms with Crippen LogP contribution in [0.2, 0.25) is 0 Å². The Labute approximate surface area is 109 Å². The topological polar surface area (TPSA) is 64.3 Å². The van der Waals surface area contributed by atoms with Crippen LogP contribution < -0.4 is 10.6 Å². The molecule has 0 aromatic carbocycles. The molecular weight excluding hydrogens is 319 g/mol. The van der Waals surface area contributed by atoms with E-state index >= 15 is 0 Å². The molecule has 0 aliphatic carbocycles. The van der Waals surface area contributed by atoms with E-state index in [1.165, 1.54) is 0 Å². The van der Waals surface area contributed by atoms with E-state index in [9.17, 15) is 0 Å². The van der Waals surface area contributed by atoms with Crippen LogP contribution in [-0.4, -0.2) is 41.8 Å². The zero-order valence-corrected chi connectivity index (χ0v) is 11.3. The van der Waals surface area contributed by atoms with Gasteiger partial charge in [0.15, 0.2) is 0 Å². The lowest BCUT2D eigenvalue weighted by Gasteiger charge is -2.36. The van der Waals surface area contributed by atoms with E-state index in [1.807, 2.05) is 19.3 Å². The van der Waals surface area contributed by atoms with E-state index < -0.39 is 0 Å². The summed E-state index contributed by atoms with van der Waals surface area (Å²) >= 11 is 2.19. The van der Waals surface area contributed by atoms with Crippen molar-refractivity contribution in [3.8, 4) is 0 Å². The number of ether oxygens (including phenoxy) is 1. The Morgan fingerprint density at radius 1 is 1.50 bits per heavy atom. The van der Waals surface area contributed by atoms with Gasteiger partial charge in [0.25, 0.3) is 0 Å². The number of hydrogen-bond donors (Lipinski definition) is 1. The normalized spacial score (nSPS) is 25.8. The van der Waals surface area contributed by atoms with Crippen molar-refractivity contribution in [2.45, 2.75) is 19.1 Å². The van der Waals surface area contributed by atoms with Crippen LogP contribution in [-0.2, 0) is 4.74 Å². The Morgan fingerprint density at radius 3 is 2.81 bits per heavy atom. The van der Waals surface area contributed by atoms with E-state index in [0.29, 0.717) is 6.54 Å². The number of nitrogens with zero attached hydrogens (tertiary/aromatic N) is 3. The number of rotatable bonds is 2. The fraction of sp³-hybridized carbons (Fsp3) is 0.600. The van der Waals surface area contributed by atoms with Crippen molar-refractivity contribution in [3.05, 3.63) is 16.0 Å². The van der Waals surface area contributed by atoms with Crippen LogP contribution in [0.15, 0.2) is 12.4 Å². The maximum absolute atomic E-state index is 5.69. The van der Waals surface area contributed by atoms with Crippen LogP contribution >= 0.6 is 22.6 Å². The highest BCUT2D eigenvalue weighted by atomic mass is 127. The van der Waals surface area contributed by atoms with Crippen LogP contribution in [0.4, 0.5) is 5.95 Å². The van der Waals surface area contributed by atoms with Crippen LogP contribution in [0.1, 0.15) is 6.92 Å². The molecule has 2 N–H and O–H groups in total. The summed E-state index contributed by atoms with van der Waals surface area (Å²) in [4.78, 5) is 10.8. The summed E-state index contributed by atoms with van der Waals surface area (Å²) in [5.41, 5.74) is 5.64. The first-order valence-corrected chi connectivity index (χ1v) is 6.35. The van der Waals surface area contributed by atoms with Crippen molar-refractivity contribution in [2.75, 3.05) is 24.5 Å². The highest BCUT2D eigenvalue weighted by Gasteiger charge is 2.25. The molecule has 2 unspecified atom stereocenters. The number of aromatic nitrogens is 2. The lowest BCUT2D eigenvalue weighted by Crippen LogP contribution is -2.49. The molecule has 88 valence electrons. The lowest BCUT2D eigenvalue weighted by atomic mass is 10.2. The molecule has 0 amide bonds. The van der Waals surface area contributed by atoms with E-state index in [-0.39, 0.29) is 12.2 Å². The summed E-state index contributed by atoms with van der Waals surface area (Å²) in [5, 5.41) is 0. The summed E-state index contributed by atoms with van der Waals surface area (Å²) < 4.78 is 6.73. The van der Waals surface area contributed by atoms with E-state index in [1.54, 1.807) is 0 Å². The van der Waals surface area contributed by atoms with Gasteiger partial charge in [-0.2, -0.15) is 0 Å². The first-order valence-electron chi connectivity index (χ1n) is 5.27. The zero-order chi connectivity index (χ0) is 11.5. The minimum absolute atomic E-state index is 0.0756. The number of hydrogen-bond acceptors (Lipinski definition) is 5. The summed E-state index contributed by atoms with van der Waals surface area (Å²) in [6.45, 7) is 4.16. The molecule has 1 aromatic heterocycles. The highest BCUT2D eigenvalue weighted by molar-refractivity contribution is 14.1. The Hall–Kier alpha value is -0.470. The second-order valence-corrected chi connectivity index (χ2v) is 5.16. The molecule has 0 spiro atoms. The highest BCUT2D eigenvalue weighted by Crippen LogP contribution is 2.16. The first kappa shape index (κ1) is 12.0. The molecule has 1 aliphatic heterocycles. The number of nitrogens with two attached hydrogens (primary N) is 1. The number of halogens is 1. The molecule has 1 saturated heterocycles. The van der Waals surface area contributed by atoms with Gasteiger partial charge in [-0.25, -0.2) is 9.97 Å². The fourth-order valence-electron chi connectivity index (χ4n) is 1.81. The van der Waals surface area contributed by atoms with Crippen molar-refractivity contribution in [1.29, 1.82) is 0 Å². The summed E-state index contributed by atoms with van der Waals surface area (Å²) in [6.07, 6.45) is 3.89. The van der Waals surface area contributed by atoms with Crippen molar-refractivity contribution < 1.29 is 4.74 Å². The molecule has 0 bridgehead atoms. The summed E-state index contributed by atoms with van der Waals surface area (Å²) in [6, 6.07) is 0. The summed E-state index contributed by atoms with van der Waals surface area (Å²) in [7, 11) is 0. The van der Waals surface area contributed by atoms with Crippen LogP contribution in [0.5, 0.6) is 0 Å². The van der Waals surface area contributed by atoms with Crippen LogP contribution in [0.25, 0.3) is 0 Å². The van der Waals surface area contributed by atoms with Crippen molar-refractivity contribution in [1.82, 2.24) is 9.97 Å². The molecule has 0 radical (unpaired) electrons. The first-order chi connectivity index (χ1) is 7.69. The van der Waals surface area contributed by atoms with Crippen molar-refractivity contribution in [3.63, 3.8) is 0 Å². The minimum Gasteiger partial charge on any atom is -0.370 e. The van der Waals surface area contributed by atoms with Gasteiger partial charge in [0.1, 0.15) is 0 Å². The van der Waals surface area contributed by atoms with Gasteiger partial charge in [-0.3, -0.25) is 0 Å². The minimum atomic E-state index is 0.0756. The Morgan fingerprint density at radius 2 is 2.19 bits per heavy atom. The van der Waals surface area contributed by atoms with Gasteiger partial charge < -0.3 is 15.4 Å². The predicted molar refractivity (Wildman–Crippen MR) is 70.4 cm³/mol. The van der Waals surface area contributed by atoms with E-state index in [2.05, 4.69) is 37.5 Å². The molecule has 0 saturated carbocycles. The second-order valence-electron chi connectivity index (χ2n) is 3.91. The van der Waals surface area contributed by atoms with Gasteiger partial charge in [0.05, 0.1) is 12.2 Å². The molecule has 16 heavy (non-hydrogen) atoms. The smallest absolute Gasteiger partial charge is 0.225 e. The van der Waals surface area contributed by atoms with Crippen LogP contribution in [0, 0.1) is 3.57 Å². The van der Waals surface area contributed by atoms with Gasteiger partial charge in [-0.1, -0.05) is 0 Å². The zero-order valence-electron chi connectivity index (χ0n) is 9.14. The fourth-order valence-corrected chi connectivity index (χ4v) is 2.09. The van der Waals surface area contributed by atoms with Gasteiger partial charge in [-0.05, 0) is 29.5 Å². The van der Waals surface area contributed by atoms with Crippen molar-refractivity contribution >= 4 is 28.5 Å². The van der Waals surface area contributed by atoms with Crippen molar-refractivity contribution in [2.24, 2.45) is 5.73 Å². The lowest BCUT2D eigenvalue weighted by molar-refractivity contribution is -0.0109. The predicted octanol–water partition coefficient (Wildman–Crippen LogP) is 0.634. The third kappa shape index (κ3) is 2.80. The van der Waals surface area contributed by atoms with Gasteiger partial charge in [-0.15, -0.1) is 0 Å². The molecular formula is C10H15IN4O. The SMILES string of the molecule is CC1CN(c2ncc(I)cn2)CC(CN)O1. The number of anilines is 1. The monoisotopic (exact) mass is 334 g/mol. The van der Waals surface area contributed by atoms with Crippen LogP contribution in [0.3, 0.4) is 0 Å². The standard InChI is InChI=1S/C10H15IN4O/c1-7-5-15(6-9(2-12)16-7)10-13-3-8(11)4-14-10/h3-4,7,9H,2,5-6,12H2,1H3. The molecule has 2 heterocycles. The Balaban J connectivity index is 2.11. The molecule has 5 nitrogen and oxygen atoms in total. The Bertz CT molecular complexity index is 345. The quantitative estimate of drug-likeness (QED) is 0.804. The average molecular weight is 334 g/mol. The number of morpholine rings is 1. The largest absolute Gasteiger partial charge is 0.370 e. The van der Waals surface area contributed by atoms with E-state index in [4.69, 9.17) is 10.5 Å². The molecule has 2 atom stereocenters. The average Bonchev–Trinajstić information content (AvgIpc) is 2.29. The molecule has 2 rings (SSSR count). The third-order valence-corrected chi connectivity index (χ3v) is 3.04. The molecule has 1 aliphatic rings. The molecule has 6 heteroatoms. The molecule has 1 aromatic rings. The third-order valence-electron chi connectivity index (χ3n) is 2.48. The molecule has 1 fully saturated rings. The maximum atomic E-state index is 5.69.